The first-order valence-corrected chi connectivity index (χ1v) is 18.9. The van der Waals surface area contributed by atoms with Gasteiger partial charge in [0.2, 0.25) is 0 Å². The van der Waals surface area contributed by atoms with Crippen molar-refractivity contribution >= 4 is 0 Å². The van der Waals surface area contributed by atoms with Crippen molar-refractivity contribution < 1.29 is 4.74 Å². The van der Waals surface area contributed by atoms with Crippen molar-refractivity contribution in [1.82, 2.24) is 15.0 Å². The fourth-order valence-corrected chi connectivity index (χ4v) is 8.14. The van der Waals surface area contributed by atoms with Gasteiger partial charge in [-0.1, -0.05) is 206 Å². The van der Waals surface area contributed by atoms with Crippen LogP contribution in [0.3, 0.4) is 0 Å². The van der Waals surface area contributed by atoms with E-state index in [4.69, 9.17) is 19.7 Å². The maximum absolute atomic E-state index is 6.92. The summed E-state index contributed by atoms with van der Waals surface area (Å²) in [7, 11) is 0. The summed E-state index contributed by atoms with van der Waals surface area (Å²) in [4.78, 5) is 15.2. The second-order valence-electron chi connectivity index (χ2n) is 13.9. The number of hydrogen-bond acceptors (Lipinski definition) is 4. The fourth-order valence-electron chi connectivity index (χ4n) is 8.14. The Morgan fingerprint density at radius 1 is 0.304 bits per heavy atom. The average molecular weight is 718 g/mol. The highest BCUT2D eigenvalue weighted by atomic mass is 16.5. The molecule has 0 atom stereocenters. The Kier molecular flexibility index (Phi) is 8.34. The van der Waals surface area contributed by atoms with Crippen LogP contribution in [0.2, 0.25) is 0 Å². The van der Waals surface area contributed by atoms with Crippen LogP contribution >= 0.6 is 0 Å². The number of aromatic nitrogens is 3. The Morgan fingerprint density at radius 2 is 0.732 bits per heavy atom. The second-order valence-corrected chi connectivity index (χ2v) is 13.9. The SMILES string of the molecule is c1ccc(-c2nc(-c3ccc(-c4cccc5c4Oc4ccccc4C5(c4ccccc4)c4ccccc4)cc3)nc(-c3ccccc3-c3ccccc3)n2)cc1. The molecule has 0 fully saturated rings. The van der Waals surface area contributed by atoms with Gasteiger partial charge in [0.05, 0.1) is 5.41 Å². The molecule has 0 saturated heterocycles. The zero-order chi connectivity index (χ0) is 37.3. The summed E-state index contributed by atoms with van der Waals surface area (Å²) in [6, 6.07) is 73.8. The van der Waals surface area contributed by atoms with E-state index < -0.39 is 5.41 Å². The highest BCUT2D eigenvalue weighted by Gasteiger charge is 2.45. The maximum atomic E-state index is 6.92. The van der Waals surface area contributed by atoms with Crippen molar-refractivity contribution in [1.29, 1.82) is 0 Å². The van der Waals surface area contributed by atoms with Gasteiger partial charge in [-0.3, -0.25) is 0 Å². The van der Waals surface area contributed by atoms with Gasteiger partial charge in [0.1, 0.15) is 11.5 Å². The Labute approximate surface area is 326 Å². The lowest BCUT2D eigenvalue weighted by atomic mass is 9.63. The second kappa shape index (κ2) is 14.1. The van der Waals surface area contributed by atoms with E-state index >= 15 is 0 Å². The minimum absolute atomic E-state index is 0.589. The van der Waals surface area contributed by atoms with Crippen LogP contribution in [0.5, 0.6) is 11.5 Å². The van der Waals surface area contributed by atoms with Crippen LogP contribution in [0.4, 0.5) is 0 Å². The van der Waals surface area contributed by atoms with E-state index in [0.717, 1.165) is 61.6 Å². The van der Waals surface area contributed by atoms with E-state index in [1.807, 2.05) is 48.5 Å². The summed E-state index contributed by atoms with van der Waals surface area (Å²) in [5, 5.41) is 0. The minimum Gasteiger partial charge on any atom is -0.456 e. The monoisotopic (exact) mass is 717 g/mol. The third-order valence-electron chi connectivity index (χ3n) is 10.7. The molecule has 1 aliphatic rings. The molecule has 1 aromatic heterocycles. The topological polar surface area (TPSA) is 47.9 Å². The fraction of sp³-hybridized carbons (Fsp3) is 0.0192. The Hall–Kier alpha value is -7.43. The molecule has 0 N–H and O–H groups in total. The van der Waals surface area contributed by atoms with Crippen molar-refractivity contribution in [2.45, 2.75) is 5.41 Å². The molecule has 0 spiro atoms. The highest BCUT2D eigenvalue weighted by Crippen LogP contribution is 2.57. The third kappa shape index (κ3) is 5.67. The van der Waals surface area contributed by atoms with Gasteiger partial charge in [0.15, 0.2) is 17.5 Å². The number of nitrogens with zero attached hydrogens (tertiary/aromatic N) is 3. The van der Waals surface area contributed by atoms with Crippen LogP contribution in [0.15, 0.2) is 212 Å². The van der Waals surface area contributed by atoms with Crippen molar-refractivity contribution in [3.05, 3.63) is 235 Å². The summed E-state index contributed by atoms with van der Waals surface area (Å²) >= 11 is 0. The van der Waals surface area contributed by atoms with Crippen LogP contribution in [-0.2, 0) is 5.41 Å². The van der Waals surface area contributed by atoms with Gasteiger partial charge in [-0.2, -0.15) is 0 Å². The predicted molar refractivity (Wildman–Crippen MR) is 225 cm³/mol. The number of fused-ring (bicyclic) bond motifs is 2. The van der Waals surface area contributed by atoms with E-state index in [0.29, 0.717) is 17.5 Å². The maximum Gasteiger partial charge on any atom is 0.164 e. The molecule has 1 aliphatic heterocycles. The van der Waals surface area contributed by atoms with Crippen LogP contribution in [0.25, 0.3) is 56.4 Å². The first-order chi connectivity index (χ1) is 27.8. The van der Waals surface area contributed by atoms with Gasteiger partial charge in [0, 0.05) is 33.4 Å². The summed E-state index contributed by atoms with van der Waals surface area (Å²) in [5.41, 5.74) is 11.0. The lowest BCUT2D eigenvalue weighted by molar-refractivity contribution is 0.436. The number of rotatable bonds is 7. The molecule has 0 saturated carbocycles. The van der Waals surface area contributed by atoms with E-state index in [1.54, 1.807) is 0 Å². The number of para-hydroxylation sites is 2. The van der Waals surface area contributed by atoms with E-state index in [2.05, 4.69) is 164 Å². The lowest BCUT2D eigenvalue weighted by Crippen LogP contribution is -2.34. The zero-order valence-corrected chi connectivity index (χ0v) is 30.5. The number of benzene rings is 8. The molecule has 0 radical (unpaired) electrons. The molecule has 56 heavy (non-hydrogen) atoms. The summed E-state index contributed by atoms with van der Waals surface area (Å²) in [6.07, 6.45) is 0. The molecular formula is C52H35N3O. The molecule has 8 aromatic carbocycles. The average Bonchev–Trinajstić information content (AvgIpc) is 3.29. The lowest BCUT2D eigenvalue weighted by Gasteiger charge is -2.42. The number of hydrogen-bond donors (Lipinski definition) is 0. The van der Waals surface area contributed by atoms with Crippen LogP contribution in [0, 0.1) is 0 Å². The van der Waals surface area contributed by atoms with Crippen LogP contribution < -0.4 is 4.74 Å². The number of ether oxygens (including phenoxy) is 1. The van der Waals surface area contributed by atoms with Gasteiger partial charge in [0.25, 0.3) is 0 Å². The Morgan fingerprint density at radius 3 is 1.38 bits per heavy atom. The standard InChI is InChI=1S/C52H35N3O/c1-5-18-36(19-6-1)42-26-13-14-27-44(42)51-54-49(38-20-7-2-8-21-38)53-50(55-51)39-34-32-37(33-35-39)43-28-17-30-46-48(43)56-47-31-16-15-29-45(47)52(46,40-22-9-3-10-23-40)41-24-11-4-12-25-41/h1-35H. The predicted octanol–water partition coefficient (Wildman–Crippen LogP) is 12.7. The first-order valence-electron chi connectivity index (χ1n) is 18.9. The van der Waals surface area contributed by atoms with Gasteiger partial charge < -0.3 is 4.74 Å². The third-order valence-corrected chi connectivity index (χ3v) is 10.7. The van der Waals surface area contributed by atoms with Crippen LogP contribution in [-0.4, -0.2) is 15.0 Å². The molecule has 4 heteroatoms. The van der Waals surface area contributed by atoms with Crippen molar-refractivity contribution in [2.24, 2.45) is 0 Å². The van der Waals surface area contributed by atoms with Gasteiger partial charge in [-0.05, 0) is 33.9 Å². The van der Waals surface area contributed by atoms with E-state index in [1.165, 1.54) is 11.1 Å². The molecule has 0 bridgehead atoms. The molecule has 10 rings (SSSR count). The molecule has 0 amide bonds. The summed E-state index contributed by atoms with van der Waals surface area (Å²) < 4.78 is 6.92. The Bertz CT molecular complexity index is 2770. The largest absolute Gasteiger partial charge is 0.456 e. The summed E-state index contributed by atoms with van der Waals surface area (Å²) in [5.74, 6) is 3.55. The Balaban J connectivity index is 1.11. The molecule has 4 nitrogen and oxygen atoms in total. The van der Waals surface area contributed by atoms with Crippen molar-refractivity contribution in [2.75, 3.05) is 0 Å². The molecule has 2 heterocycles. The highest BCUT2D eigenvalue weighted by molar-refractivity contribution is 5.83. The van der Waals surface area contributed by atoms with E-state index in [-0.39, 0.29) is 0 Å². The first kappa shape index (κ1) is 33.2. The molecule has 264 valence electrons. The minimum atomic E-state index is -0.589. The quantitative estimate of drug-likeness (QED) is 0.165. The molecule has 0 aliphatic carbocycles. The molecule has 9 aromatic rings. The molecular weight excluding hydrogens is 683 g/mol. The smallest absolute Gasteiger partial charge is 0.164 e. The van der Waals surface area contributed by atoms with E-state index in [9.17, 15) is 0 Å². The zero-order valence-electron chi connectivity index (χ0n) is 30.5. The normalized spacial score (nSPS) is 12.6. The van der Waals surface area contributed by atoms with Gasteiger partial charge >= 0.3 is 0 Å². The summed E-state index contributed by atoms with van der Waals surface area (Å²) in [6.45, 7) is 0. The van der Waals surface area contributed by atoms with Gasteiger partial charge in [-0.15, -0.1) is 0 Å². The van der Waals surface area contributed by atoms with Crippen molar-refractivity contribution in [3.8, 4) is 67.9 Å². The van der Waals surface area contributed by atoms with Gasteiger partial charge in [-0.25, -0.2) is 15.0 Å². The van der Waals surface area contributed by atoms with Crippen LogP contribution in [0.1, 0.15) is 22.3 Å². The van der Waals surface area contributed by atoms with Crippen molar-refractivity contribution in [3.63, 3.8) is 0 Å². The molecule has 0 unspecified atom stereocenters.